The number of anilines is 1. The summed E-state index contributed by atoms with van der Waals surface area (Å²) in [6.07, 6.45) is -4.62. The SMILES string of the molecule is CC1CN(CCNc2ccc(Cl)c(C(F)(F)F)n2)C(CO)c2[nH]c3ccc(Cl)cc3c21. The smallest absolute Gasteiger partial charge is 0.394 e. The number of benzene rings is 1. The van der Waals surface area contributed by atoms with Crippen molar-refractivity contribution in [2.75, 3.05) is 31.6 Å². The third-order valence-electron chi connectivity index (χ3n) is 5.60. The van der Waals surface area contributed by atoms with Gasteiger partial charge in [-0.3, -0.25) is 4.90 Å². The molecule has 3 heterocycles. The number of alkyl halides is 3. The first kappa shape index (κ1) is 22.2. The number of rotatable bonds is 5. The monoisotopic (exact) mass is 472 g/mol. The number of aliphatic hydroxyl groups is 1. The second-order valence-corrected chi connectivity index (χ2v) is 8.53. The van der Waals surface area contributed by atoms with E-state index in [4.69, 9.17) is 23.2 Å². The van der Waals surface area contributed by atoms with Crippen LogP contribution in [0.15, 0.2) is 30.3 Å². The van der Waals surface area contributed by atoms with Crippen LogP contribution in [0.5, 0.6) is 0 Å². The predicted octanol–water partition coefficient (Wildman–Crippen LogP) is 5.45. The van der Waals surface area contributed by atoms with Crippen LogP contribution in [0.4, 0.5) is 19.0 Å². The maximum absolute atomic E-state index is 13.0. The summed E-state index contributed by atoms with van der Waals surface area (Å²) >= 11 is 11.8. The Balaban J connectivity index is 1.51. The average molecular weight is 473 g/mol. The molecule has 2 atom stereocenters. The summed E-state index contributed by atoms with van der Waals surface area (Å²) in [6.45, 7) is 3.59. The van der Waals surface area contributed by atoms with Crippen molar-refractivity contribution in [2.45, 2.75) is 25.1 Å². The van der Waals surface area contributed by atoms with E-state index in [-0.39, 0.29) is 24.4 Å². The zero-order chi connectivity index (χ0) is 22.3. The summed E-state index contributed by atoms with van der Waals surface area (Å²) in [5, 5.41) is 14.3. The standard InChI is InChI=1S/C21H21Cl2F3N4O/c1-11-9-30(7-6-27-17-5-3-14(23)20(29-17)21(24,25)26)16(10-31)19-18(11)13-8-12(22)2-4-15(13)28-19/h2-5,8,11,16,28,31H,6-7,9-10H2,1H3,(H,27,29). The Kier molecular flexibility index (Phi) is 6.09. The van der Waals surface area contributed by atoms with Gasteiger partial charge in [0.2, 0.25) is 0 Å². The fourth-order valence-corrected chi connectivity index (χ4v) is 4.66. The van der Waals surface area contributed by atoms with Crippen LogP contribution in [0.1, 0.15) is 35.8 Å². The molecule has 0 radical (unpaired) electrons. The van der Waals surface area contributed by atoms with E-state index in [1.807, 2.05) is 18.2 Å². The molecule has 0 saturated carbocycles. The zero-order valence-corrected chi connectivity index (χ0v) is 18.1. The van der Waals surface area contributed by atoms with Gasteiger partial charge in [0.15, 0.2) is 5.69 Å². The van der Waals surface area contributed by atoms with Crippen LogP contribution in [-0.2, 0) is 6.18 Å². The third-order valence-corrected chi connectivity index (χ3v) is 6.14. The van der Waals surface area contributed by atoms with Gasteiger partial charge < -0.3 is 15.4 Å². The van der Waals surface area contributed by atoms with Gasteiger partial charge in [-0.05, 0) is 41.8 Å². The minimum atomic E-state index is -4.62. The van der Waals surface area contributed by atoms with Crippen LogP contribution in [0, 0.1) is 0 Å². The lowest BCUT2D eigenvalue weighted by molar-refractivity contribution is -0.141. The van der Waals surface area contributed by atoms with Crippen molar-refractivity contribution in [3.63, 3.8) is 0 Å². The van der Waals surface area contributed by atoms with Crippen molar-refractivity contribution in [3.05, 3.63) is 57.3 Å². The highest BCUT2D eigenvalue weighted by atomic mass is 35.5. The second kappa shape index (κ2) is 8.50. The van der Waals surface area contributed by atoms with Gasteiger partial charge in [-0.2, -0.15) is 13.2 Å². The van der Waals surface area contributed by atoms with E-state index >= 15 is 0 Å². The van der Waals surface area contributed by atoms with Crippen LogP contribution in [0.2, 0.25) is 10.0 Å². The summed E-state index contributed by atoms with van der Waals surface area (Å²) < 4.78 is 39.0. The van der Waals surface area contributed by atoms with E-state index in [0.717, 1.165) is 22.2 Å². The molecule has 10 heteroatoms. The van der Waals surface area contributed by atoms with Gasteiger partial charge in [-0.25, -0.2) is 4.98 Å². The summed E-state index contributed by atoms with van der Waals surface area (Å²) in [4.78, 5) is 9.12. The highest BCUT2D eigenvalue weighted by Crippen LogP contribution is 2.40. The Hall–Kier alpha value is -2.00. The molecule has 3 aromatic rings. The summed E-state index contributed by atoms with van der Waals surface area (Å²) in [7, 11) is 0. The predicted molar refractivity (Wildman–Crippen MR) is 116 cm³/mol. The van der Waals surface area contributed by atoms with Gasteiger partial charge >= 0.3 is 6.18 Å². The largest absolute Gasteiger partial charge is 0.434 e. The molecule has 0 aliphatic carbocycles. The fourth-order valence-electron chi connectivity index (χ4n) is 4.27. The van der Waals surface area contributed by atoms with E-state index in [2.05, 4.69) is 27.1 Å². The molecule has 1 aliphatic rings. The van der Waals surface area contributed by atoms with Crippen molar-refractivity contribution in [3.8, 4) is 0 Å². The molecule has 166 valence electrons. The lowest BCUT2D eigenvalue weighted by atomic mass is 9.89. The van der Waals surface area contributed by atoms with E-state index < -0.39 is 16.9 Å². The number of nitrogens with zero attached hydrogens (tertiary/aromatic N) is 2. The van der Waals surface area contributed by atoms with Crippen molar-refractivity contribution in [1.82, 2.24) is 14.9 Å². The van der Waals surface area contributed by atoms with E-state index in [1.54, 1.807) is 0 Å². The molecule has 0 amide bonds. The van der Waals surface area contributed by atoms with Crippen molar-refractivity contribution in [1.29, 1.82) is 0 Å². The lowest BCUT2D eigenvalue weighted by Gasteiger charge is -2.38. The van der Waals surface area contributed by atoms with Gasteiger partial charge in [0, 0.05) is 41.3 Å². The number of nitrogens with one attached hydrogen (secondary N) is 2. The zero-order valence-electron chi connectivity index (χ0n) is 16.6. The number of H-pyrrole nitrogens is 1. The number of hydrogen-bond acceptors (Lipinski definition) is 4. The Morgan fingerprint density at radius 1 is 1.26 bits per heavy atom. The van der Waals surface area contributed by atoms with Crippen molar-refractivity contribution >= 4 is 39.9 Å². The van der Waals surface area contributed by atoms with E-state index in [1.165, 1.54) is 12.1 Å². The fraction of sp³-hybridized carbons (Fsp3) is 0.381. The molecular weight excluding hydrogens is 452 g/mol. The van der Waals surface area contributed by atoms with E-state index in [0.29, 0.717) is 24.7 Å². The number of pyridine rings is 1. The quantitative estimate of drug-likeness (QED) is 0.461. The molecule has 0 saturated heterocycles. The number of aromatic amines is 1. The second-order valence-electron chi connectivity index (χ2n) is 7.69. The first-order chi connectivity index (χ1) is 14.7. The molecule has 5 nitrogen and oxygen atoms in total. The molecular formula is C21H21Cl2F3N4O. The first-order valence-corrected chi connectivity index (χ1v) is 10.6. The molecule has 0 fully saturated rings. The summed E-state index contributed by atoms with van der Waals surface area (Å²) in [5.74, 6) is 0.291. The normalized spacial score (nSPS) is 19.6. The van der Waals surface area contributed by atoms with Gasteiger partial charge in [0.25, 0.3) is 0 Å². The maximum Gasteiger partial charge on any atom is 0.434 e. The molecule has 0 spiro atoms. The molecule has 4 rings (SSSR count). The summed E-state index contributed by atoms with van der Waals surface area (Å²) in [6, 6.07) is 8.02. The van der Waals surface area contributed by atoms with Crippen molar-refractivity contribution in [2.24, 2.45) is 0 Å². The lowest BCUT2D eigenvalue weighted by Crippen LogP contribution is -2.41. The number of aliphatic hydroxyl groups excluding tert-OH is 1. The summed E-state index contributed by atoms with van der Waals surface area (Å²) in [5.41, 5.74) is 1.95. The van der Waals surface area contributed by atoms with Crippen LogP contribution < -0.4 is 5.32 Å². The van der Waals surface area contributed by atoms with Crippen LogP contribution >= 0.6 is 23.2 Å². The maximum atomic E-state index is 13.0. The minimum absolute atomic E-state index is 0.0856. The Labute approximate surface area is 187 Å². The molecule has 1 aromatic carbocycles. The number of fused-ring (bicyclic) bond motifs is 3. The molecule has 3 N–H and O–H groups in total. The molecule has 2 unspecified atom stereocenters. The Morgan fingerprint density at radius 3 is 2.74 bits per heavy atom. The number of halogens is 5. The average Bonchev–Trinajstić information content (AvgIpc) is 3.07. The first-order valence-electron chi connectivity index (χ1n) is 9.82. The molecule has 1 aliphatic heterocycles. The molecule has 2 aromatic heterocycles. The van der Waals surface area contributed by atoms with Gasteiger partial charge in [-0.1, -0.05) is 30.1 Å². The molecule has 0 bridgehead atoms. The topological polar surface area (TPSA) is 64.2 Å². The highest BCUT2D eigenvalue weighted by molar-refractivity contribution is 6.31. The van der Waals surface area contributed by atoms with Crippen LogP contribution in [0.3, 0.4) is 0 Å². The van der Waals surface area contributed by atoms with Crippen molar-refractivity contribution < 1.29 is 18.3 Å². The van der Waals surface area contributed by atoms with Crippen LogP contribution in [0.25, 0.3) is 10.9 Å². The Morgan fingerprint density at radius 2 is 2.03 bits per heavy atom. The molecule has 31 heavy (non-hydrogen) atoms. The number of hydrogen-bond donors (Lipinski definition) is 3. The highest BCUT2D eigenvalue weighted by Gasteiger charge is 2.36. The van der Waals surface area contributed by atoms with Gasteiger partial charge in [-0.15, -0.1) is 0 Å². The Bertz CT molecular complexity index is 1100. The van der Waals surface area contributed by atoms with Gasteiger partial charge in [0.1, 0.15) is 5.82 Å². The minimum Gasteiger partial charge on any atom is -0.394 e. The number of aromatic nitrogens is 2. The third kappa shape index (κ3) is 4.35. The van der Waals surface area contributed by atoms with E-state index in [9.17, 15) is 18.3 Å². The van der Waals surface area contributed by atoms with Crippen LogP contribution in [-0.4, -0.2) is 46.2 Å². The van der Waals surface area contributed by atoms with Gasteiger partial charge in [0.05, 0.1) is 17.7 Å².